The van der Waals surface area contributed by atoms with Crippen LogP contribution in [-0.2, 0) is 4.79 Å². The highest BCUT2D eigenvalue weighted by molar-refractivity contribution is 5.80. The number of H-pyrrole nitrogens is 1. The number of hydrogen-bond donors (Lipinski definition) is 2. The van der Waals surface area contributed by atoms with Gasteiger partial charge in [0.1, 0.15) is 5.56 Å². The molecule has 26 heavy (non-hydrogen) atoms. The van der Waals surface area contributed by atoms with E-state index in [1.54, 1.807) is 12.1 Å². The fraction of sp³-hybridized carbons (Fsp3) is 0.529. The van der Waals surface area contributed by atoms with Crippen LogP contribution in [0.4, 0.5) is 6.01 Å². The molecule has 1 amide bonds. The van der Waals surface area contributed by atoms with E-state index in [1.807, 2.05) is 4.90 Å². The van der Waals surface area contributed by atoms with Crippen molar-refractivity contribution in [1.82, 2.24) is 20.1 Å². The summed E-state index contributed by atoms with van der Waals surface area (Å²) in [5, 5.41) is 10.5. The average molecular weight is 359 g/mol. The molecule has 4 rings (SSSR count). The maximum absolute atomic E-state index is 12.3. The van der Waals surface area contributed by atoms with Gasteiger partial charge in [0.05, 0.1) is 13.7 Å². The number of nitrogens with zero attached hydrogens (tertiary/aromatic N) is 3. The number of methoxy groups -OCH3 is 1. The second-order valence-electron chi connectivity index (χ2n) is 6.92. The number of amides is 1. The lowest BCUT2D eigenvalue weighted by Crippen LogP contribution is -2.41. The third-order valence-electron chi connectivity index (χ3n) is 5.28. The summed E-state index contributed by atoms with van der Waals surface area (Å²) < 4.78 is 10.4. The molecular weight excluding hydrogens is 338 g/mol. The largest absolute Gasteiger partial charge is 0.482 e. The molecule has 0 atom stereocenters. The Hall–Kier alpha value is -2.84. The first-order valence-corrected chi connectivity index (χ1v) is 8.71. The maximum atomic E-state index is 12.3. The van der Waals surface area contributed by atoms with Crippen LogP contribution >= 0.6 is 0 Å². The monoisotopic (exact) mass is 359 g/mol. The van der Waals surface area contributed by atoms with E-state index in [0.717, 1.165) is 25.9 Å². The molecule has 3 heterocycles. The number of pyridine rings is 1. The van der Waals surface area contributed by atoms with Crippen molar-refractivity contribution >= 4 is 11.9 Å². The smallest absolute Gasteiger partial charge is 0.316 e. The zero-order valence-corrected chi connectivity index (χ0v) is 14.6. The van der Waals surface area contributed by atoms with Gasteiger partial charge in [-0.3, -0.25) is 14.6 Å². The molecule has 1 spiro atoms. The van der Waals surface area contributed by atoms with E-state index in [2.05, 4.69) is 20.5 Å². The zero-order chi connectivity index (χ0) is 18.1. The van der Waals surface area contributed by atoms with E-state index in [0.29, 0.717) is 11.3 Å². The molecule has 1 saturated carbocycles. The Kier molecular flexibility index (Phi) is 4.14. The Morgan fingerprint density at radius 2 is 2.08 bits per heavy atom. The third-order valence-corrected chi connectivity index (χ3v) is 5.28. The molecule has 1 aliphatic carbocycles. The van der Waals surface area contributed by atoms with E-state index >= 15 is 0 Å². The fourth-order valence-electron chi connectivity index (χ4n) is 3.32. The molecule has 1 aliphatic heterocycles. The van der Waals surface area contributed by atoms with Crippen molar-refractivity contribution in [2.45, 2.75) is 25.7 Å². The number of aromatic amines is 1. The molecule has 2 aromatic rings. The van der Waals surface area contributed by atoms with Gasteiger partial charge in [-0.25, -0.2) is 0 Å². The number of carbonyl (C=O) groups is 1. The van der Waals surface area contributed by atoms with Crippen LogP contribution in [-0.4, -0.2) is 52.7 Å². The Labute approximate surface area is 149 Å². The van der Waals surface area contributed by atoms with Crippen LogP contribution in [0.1, 0.15) is 25.7 Å². The first-order valence-electron chi connectivity index (χ1n) is 8.71. The lowest BCUT2D eigenvalue weighted by Gasteiger charge is -2.32. The van der Waals surface area contributed by atoms with Gasteiger partial charge >= 0.3 is 6.01 Å². The van der Waals surface area contributed by atoms with Crippen LogP contribution < -0.4 is 15.6 Å². The molecular formula is C17H21N5O4. The van der Waals surface area contributed by atoms with E-state index in [4.69, 9.17) is 9.15 Å². The summed E-state index contributed by atoms with van der Waals surface area (Å²) >= 11 is 0. The van der Waals surface area contributed by atoms with E-state index < -0.39 is 5.56 Å². The fourth-order valence-corrected chi connectivity index (χ4v) is 3.32. The topological polar surface area (TPSA) is 113 Å². The highest BCUT2D eigenvalue weighted by Gasteiger charge is 2.44. The number of hydrogen-bond acceptors (Lipinski definition) is 7. The molecule has 138 valence electrons. The van der Waals surface area contributed by atoms with Crippen LogP contribution in [0.15, 0.2) is 21.3 Å². The van der Waals surface area contributed by atoms with Gasteiger partial charge in [-0.1, -0.05) is 5.10 Å². The van der Waals surface area contributed by atoms with Gasteiger partial charge in [-0.2, -0.15) is 0 Å². The van der Waals surface area contributed by atoms with Gasteiger partial charge in [0, 0.05) is 13.1 Å². The second kappa shape index (κ2) is 6.47. The summed E-state index contributed by atoms with van der Waals surface area (Å²) in [5.41, 5.74) is 0.387. The molecule has 0 aromatic carbocycles. The number of aromatic nitrogens is 3. The SMILES string of the molecule is COc1ccc(-c2nnc(NCC(=O)N3CCC4(CC3)CC4)o2)c(=O)[nH]1. The Morgan fingerprint density at radius 1 is 1.31 bits per heavy atom. The molecule has 2 aromatic heterocycles. The molecule has 0 radical (unpaired) electrons. The van der Waals surface area contributed by atoms with Crippen LogP contribution in [0.5, 0.6) is 5.88 Å². The van der Waals surface area contributed by atoms with E-state index in [9.17, 15) is 9.59 Å². The number of rotatable bonds is 5. The molecule has 9 nitrogen and oxygen atoms in total. The Bertz CT molecular complexity index is 860. The van der Waals surface area contributed by atoms with Crippen LogP contribution in [0.25, 0.3) is 11.5 Å². The highest BCUT2D eigenvalue weighted by atomic mass is 16.5. The molecule has 9 heteroatoms. The van der Waals surface area contributed by atoms with Crippen molar-refractivity contribution in [3.63, 3.8) is 0 Å². The summed E-state index contributed by atoms with van der Waals surface area (Å²) in [6.07, 6.45) is 4.82. The minimum Gasteiger partial charge on any atom is -0.482 e. The van der Waals surface area contributed by atoms with Crippen molar-refractivity contribution in [3.05, 3.63) is 22.5 Å². The standard InChI is InChI=1S/C17H21N5O4/c1-25-12-3-2-11(14(24)19-12)15-20-21-16(26-15)18-10-13(23)22-8-6-17(4-5-17)7-9-22/h2-3H,4-10H2,1H3,(H,18,21)(H,19,24). The number of likely N-dealkylation sites (tertiary alicyclic amines) is 1. The Morgan fingerprint density at radius 3 is 2.73 bits per heavy atom. The minimum atomic E-state index is -0.391. The summed E-state index contributed by atoms with van der Waals surface area (Å²) in [7, 11) is 1.46. The Balaban J connectivity index is 1.35. The molecule has 2 aliphatic rings. The van der Waals surface area contributed by atoms with Crippen molar-refractivity contribution in [1.29, 1.82) is 0 Å². The van der Waals surface area contributed by atoms with Crippen molar-refractivity contribution in [2.24, 2.45) is 5.41 Å². The lowest BCUT2D eigenvalue weighted by atomic mass is 9.94. The number of anilines is 1. The van der Waals surface area contributed by atoms with Gasteiger partial charge in [0.25, 0.3) is 11.4 Å². The van der Waals surface area contributed by atoms with Crippen LogP contribution in [0, 0.1) is 5.41 Å². The maximum Gasteiger partial charge on any atom is 0.316 e. The van der Waals surface area contributed by atoms with Gasteiger partial charge < -0.3 is 19.4 Å². The highest BCUT2D eigenvalue weighted by Crippen LogP contribution is 2.53. The number of ether oxygens (including phenoxy) is 1. The third kappa shape index (κ3) is 3.29. The van der Waals surface area contributed by atoms with Crippen molar-refractivity contribution in [3.8, 4) is 17.3 Å². The minimum absolute atomic E-state index is 0.0162. The number of piperidine rings is 1. The predicted molar refractivity (Wildman–Crippen MR) is 92.9 cm³/mol. The first kappa shape index (κ1) is 16.6. The average Bonchev–Trinajstić information content (AvgIpc) is 3.24. The van der Waals surface area contributed by atoms with Crippen LogP contribution in [0.2, 0.25) is 0 Å². The van der Waals surface area contributed by atoms with Crippen LogP contribution in [0.3, 0.4) is 0 Å². The summed E-state index contributed by atoms with van der Waals surface area (Å²) in [6, 6.07) is 3.25. The molecule has 2 N–H and O–H groups in total. The van der Waals surface area contributed by atoms with Crippen molar-refractivity contribution in [2.75, 3.05) is 32.1 Å². The molecule has 0 bridgehead atoms. The normalized spacial score (nSPS) is 18.0. The summed E-state index contributed by atoms with van der Waals surface area (Å²) in [4.78, 5) is 28.7. The van der Waals surface area contributed by atoms with E-state index in [-0.39, 0.29) is 29.9 Å². The molecule has 0 unspecified atom stereocenters. The number of carbonyl (C=O) groups excluding carboxylic acids is 1. The first-order chi connectivity index (χ1) is 12.6. The number of nitrogens with one attached hydrogen (secondary N) is 2. The summed E-state index contributed by atoms with van der Waals surface area (Å²) in [5.74, 6) is 0.441. The quantitative estimate of drug-likeness (QED) is 0.826. The molecule has 2 fully saturated rings. The summed E-state index contributed by atoms with van der Waals surface area (Å²) in [6.45, 7) is 1.72. The van der Waals surface area contributed by atoms with Gasteiger partial charge in [-0.05, 0) is 43.2 Å². The zero-order valence-electron chi connectivity index (χ0n) is 14.6. The van der Waals surface area contributed by atoms with Crippen molar-refractivity contribution < 1.29 is 13.9 Å². The second-order valence-corrected chi connectivity index (χ2v) is 6.92. The molecule has 1 saturated heterocycles. The van der Waals surface area contributed by atoms with Gasteiger partial charge in [-0.15, -0.1) is 5.10 Å². The van der Waals surface area contributed by atoms with E-state index in [1.165, 1.54) is 20.0 Å². The van der Waals surface area contributed by atoms with Gasteiger partial charge in [0.15, 0.2) is 5.88 Å². The predicted octanol–water partition coefficient (Wildman–Crippen LogP) is 1.25. The lowest BCUT2D eigenvalue weighted by molar-refractivity contribution is -0.130. The van der Waals surface area contributed by atoms with Gasteiger partial charge in [0.2, 0.25) is 5.91 Å².